The van der Waals surface area contributed by atoms with Crippen molar-refractivity contribution in [1.82, 2.24) is 20.0 Å². The van der Waals surface area contributed by atoms with Gasteiger partial charge in [0, 0.05) is 37.3 Å². The molecule has 1 N–H and O–H groups in total. The highest BCUT2D eigenvalue weighted by Gasteiger charge is 2.30. The number of benzene rings is 2. The topological polar surface area (TPSA) is 67.2 Å². The summed E-state index contributed by atoms with van der Waals surface area (Å²) in [4.78, 5) is 27.9. The Labute approximate surface area is 195 Å². The van der Waals surface area contributed by atoms with Crippen molar-refractivity contribution < 1.29 is 9.59 Å². The van der Waals surface area contributed by atoms with Crippen molar-refractivity contribution in [2.75, 3.05) is 19.6 Å². The number of piperidine rings is 1. The molecule has 0 saturated carbocycles. The molecule has 1 saturated heterocycles. The van der Waals surface area contributed by atoms with Crippen LogP contribution in [0.15, 0.2) is 66.9 Å². The average molecular weight is 445 g/mol. The Morgan fingerprint density at radius 3 is 2.30 bits per heavy atom. The van der Waals surface area contributed by atoms with Gasteiger partial charge >= 0.3 is 0 Å². The fraction of sp³-hybridized carbons (Fsp3) is 0.370. The Kier molecular flexibility index (Phi) is 7.55. The smallest absolute Gasteiger partial charge is 0.257 e. The van der Waals surface area contributed by atoms with E-state index in [-0.39, 0.29) is 17.7 Å². The molecule has 0 bridgehead atoms. The third-order valence-electron chi connectivity index (χ3n) is 6.25. The van der Waals surface area contributed by atoms with Gasteiger partial charge in [0.1, 0.15) is 5.69 Å². The molecule has 1 aromatic heterocycles. The molecule has 0 unspecified atom stereocenters. The average Bonchev–Trinajstić information content (AvgIpc) is 3.33. The molecular formula is C27H32N4O2. The number of carbonyl (C=O) groups is 2. The van der Waals surface area contributed by atoms with Gasteiger partial charge in [-0.15, -0.1) is 0 Å². The van der Waals surface area contributed by atoms with E-state index >= 15 is 0 Å². The summed E-state index contributed by atoms with van der Waals surface area (Å²) in [5, 5.41) is 7.82. The van der Waals surface area contributed by atoms with Crippen LogP contribution in [0.25, 0.3) is 16.9 Å². The SMILES string of the molecule is CCCCCNC(=O)C1CCN(C(=O)c2cn(-c3ccccc3)nc2-c2ccccc2)CC1. The second kappa shape index (κ2) is 10.9. The molecular weight excluding hydrogens is 412 g/mol. The van der Waals surface area contributed by atoms with Crippen LogP contribution in [0.2, 0.25) is 0 Å². The molecule has 1 aliphatic rings. The van der Waals surface area contributed by atoms with Gasteiger partial charge in [-0.1, -0.05) is 68.3 Å². The molecule has 6 heteroatoms. The monoisotopic (exact) mass is 444 g/mol. The van der Waals surface area contributed by atoms with Gasteiger partial charge in [0.05, 0.1) is 11.3 Å². The van der Waals surface area contributed by atoms with Crippen molar-refractivity contribution in [3.05, 3.63) is 72.4 Å². The lowest BCUT2D eigenvalue weighted by Crippen LogP contribution is -2.43. The molecule has 6 nitrogen and oxygen atoms in total. The quantitative estimate of drug-likeness (QED) is 0.512. The molecule has 172 valence electrons. The van der Waals surface area contributed by atoms with Gasteiger partial charge in [0.2, 0.25) is 5.91 Å². The zero-order valence-corrected chi connectivity index (χ0v) is 19.2. The van der Waals surface area contributed by atoms with Crippen LogP contribution in [-0.2, 0) is 4.79 Å². The van der Waals surface area contributed by atoms with E-state index in [0.29, 0.717) is 37.2 Å². The number of amides is 2. The van der Waals surface area contributed by atoms with Crippen molar-refractivity contribution in [3.63, 3.8) is 0 Å². The van der Waals surface area contributed by atoms with E-state index in [1.807, 2.05) is 71.8 Å². The first-order chi connectivity index (χ1) is 16.2. The van der Waals surface area contributed by atoms with Crippen LogP contribution in [0.3, 0.4) is 0 Å². The number of nitrogens with one attached hydrogen (secondary N) is 1. The van der Waals surface area contributed by atoms with Crippen LogP contribution in [0, 0.1) is 5.92 Å². The van der Waals surface area contributed by atoms with Gasteiger partial charge in [-0.25, -0.2) is 4.68 Å². The maximum Gasteiger partial charge on any atom is 0.257 e. The number of hydrogen-bond acceptors (Lipinski definition) is 3. The lowest BCUT2D eigenvalue weighted by atomic mass is 9.95. The van der Waals surface area contributed by atoms with E-state index in [9.17, 15) is 9.59 Å². The first kappa shape index (κ1) is 22.8. The summed E-state index contributed by atoms with van der Waals surface area (Å²) in [7, 11) is 0. The Hall–Kier alpha value is -3.41. The summed E-state index contributed by atoms with van der Waals surface area (Å²) in [6.45, 7) is 4.06. The number of unbranched alkanes of at least 4 members (excludes halogenated alkanes) is 2. The van der Waals surface area contributed by atoms with E-state index in [0.717, 1.165) is 37.1 Å². The number of likely N-dealkylation sites (tertiary alicyclic amines) is 1. The second-order valence-corrected chi connectivity index (χ2v) is 8.60. The van der Waals surface area contributed by atoms with E-state index in [4.69, 9.17) is 5.10 Å². The normalized spacial score (nSPS) is 14.3. The van der Waals surface area contributed by atoms with Crippen molar-refractivity contribution in [2.45, 2.75) is 39.0 Å². The maximum absolute atomic E-state index is 13.5. The van der Waals surface area contributed by atoms with E-state index in [1.54, 1.807) is 4.68 Å². The number of hydrogen-bond donors (Lipinski definition) is 1. The predicted octanol–water partition coefficient (Wildman–Crippen LogP) is 4.70. The standard InChI is InChI=1S/C27H32N4O2/c1-2-3-10-17-28-26(32)22-15-18-30(19-16-22)27(33)24-20-31(23-13-8-5-9-14-23)29-25(24)21-11-6-4-7-12-21/h4-9,11-14,20,22H,2-3,10,15-19H2,1H3,(H,28,32). The lowest BCUT2D eigenvalue weighted by Gasteiger charge is -2.31. The number of aromatic nitrogens is 2. The molecule has 0 aliphatic carbocycles. The van der Waals surface area contributed by atoms with Crippen molar-refractivity contribution in [3.8, 4) is 16.9 Å². The molecule has 2 heterocycles. The minimum Gasteiger partial charge on any atom is -0.356 e. The summed E-state index contributed by atoms with van der Waals surface area (Å²) >= 11 is 0. The maximum atomic E-state index is 13.5. The zero-order valence-electron chi connectivity index (χ0n) is 19.2. The zero-order chi connectivity index (χ0) is 23.0. The van der Waals surface area contributed by atoms with E-state index in [2.05, 4.69) is 12.2 Å². The summed E-state index contributed by atoms with van der Waals surface area (Å²) in [5.74, 6) is 0.0780. The van der Waals surface area contributed by atoms with Crippen molar-refractivity contribution in [2.24, 2.45) is 5.92 Å². The Bertz CT molecular complexity index is 1050. The Balaban J connectivity index is 1.48. The van der Waals surface area contributed by atoms with Gasteiger partial charge in [-0.2, -0.15) is 5.10 Å². The summed E-state index contributed by atoms with van der Waals surface area (Å²) < 4.78 is 1.77. The largest absolute Gasteiger partial charge is 0.356 e. The fourth-order valence-electron chi connectivity index (χ4n) is 4.30. The molecule has 2 aromatic carbocycles. The van der Waals surface area contributed by atoms with Crippen LogP contribution in [0.5, 0.6) is 0 Å². The highest BCUT2D eigenvalue weighted by atomic mass is 16.2. The third-order valence-corrected chi connectivity index (χ3v) is 6.25. The van der Waals surface area contributed by atoms with E-state index < -0.39 is 0 Å². The minimum absolute atomic E-state index is 0.0173. The Morgan fingerprint density at radius 2 is 1.64 bits per heavy atom. The molecule has 2 amide bonds. The third kappa shape index (κ3) is 5.51. The van der Waals surface area contributed by atoms with Gasteiger partial charge in [0.15, 0.2) is 0 Å². The lowest BCUT2D eigenvalue weighted by molar-refractivity contribution is -0.126. The van der Waals surface area contributed by atoms with Crippen molar-refractivity contribution >= 4 is 11.8 Å². The molecule has 0 radical (unpaired) electrons. The van der Waals surface area contributed by atoms with E-state index in [1.165, 1.54) is 0 Å². The van der Waals surface area contributed by atoms with Crippen molar-refractivity contribution in [1.29, 1.82) is 0 Å². The molecule has 0 atom stereocenters. The minimum atomic E-state index is -0.0298. The first-order valence-corrected chi connectivity index (χ1v) is 11.9. The molecule has 4 rings (SSSR count). The van der Waals surface area contributed by atoms with Gasteiger partial charge in [0.25, 0.3) is 5.91 Å². The number of carbonyl (C=O) groups excluding carboxylic acids is 2. The van der Waals surface area contributed by atoms with Crippen LogP contribution < -0.4 is 5.32 Å². The second-order valence-electron chi connectivity index (χ2n) is 8.60. The molecule has 3 aromatic rings. The highest BCUT2D eigenvalue weighted by Crippen LogP contribution is 2.27. The molecule has 0 spiro atoms. The van der Waals surface area contributed by atoms with Crippen LogP contribution in [0.1, 0.15) is 49.4 Å². The van der Waals surface area contributed by atoms with Crippen LogP contribution in [-0.4, -0.2) is 46.1 Å². The van der Waals surface area contributed by atoms with Crippen LogP contribution in [0.4, 0.5) is 0 Å². The summed E-state index contributed by atoms with van der Waals surface area (Å²) in [6.07, 6.45) is 6.51. The predicted molar refractivity (Wildman–Crippen MR) is 130 cm³/mol. The fourth-order valence-corrected chi connectivity index (χ4v) is 4.30. The molecule has 1 aliphatic heterocycles. The number of nitrogens with zero attached hydrogens (tertiary/aromatic N) is 3. The Morgan fingerprint density at radius 1 is 0.970 bits per heavy atom. The van der Waals surface area contributed by atoms with Gasteiger partial charge in [-0.05, 0) is 31.4 Å². The highest BCUT2D eigenvalue weighted by molar-refractivity contribution is 6.00. The van der Waals surface area contributed by atoms with Gasteiger partial charge in [-0.3, -0.25) is 9.59 Å². The van der Waals surface area contributed by atoms with Gasteiger partial charge < -0.3 is 10.2 Å². The molecule has 33 heavy (non-hydrogen) atoms. The number of rotatable bonds is 8. The van der Waals surface area contributed by atoms with Crippen LogP contribution >= 0.6 is 0 Å². The molecule has 1 fully saturated rings. The number of para-hydroxylation sites is 1. The summed E-state index contributed by atoms with van der Waals surface area (Å²) in [6, 6.07) is 19.6. The summed E-state index contributed by atoms with van der Waals surface area (Å²) in [5.41, 5.74) is 3.09. The first-order valence-electron chi connectivity index (χ1n) is 11.9.